The van der Waals surface area contributed by atoms with Gasteiger partial charge in [0.25, 0.3) is 0 Å². The molecule has 9 heteroatoms. The Kier molecular flexibility index (Phi) is 7.50. The molecular weight excluding hydrogens is 488 g/mol. The van der Waals surface area contributed by atoms with Crippen LogP contribution in [0.25, 0.3) is 39.2 Å². The smallest absolute Gasteiger partial charge is 0.187 e. The third-order valence-electron chi connectivity index (χ3n) is 6.05. The lowest BCUT2D eigenvalue weighted by Crippen LogP contribution is -2.44. The van der Waals surface area contributed by atoms with Crippen molar-refractivity contribution in [1.29, 1.82) is 0 Å². The van der Waals surface area contributed by atoms with E-state index in [1.165, 1.54) is 0 Å². The van der Waals surface area contributed by atoms with E-state index in [9.17, 15) is 4.39 Å². The van der Waals surface area contributed by atoms with Gasteiger partial charge >= 0.3 is 0 Å². The fourth-order valence-electron chi connectivity index (χ4n) is 4.30. The van der Waals surface area contributed by atoms with Gasteiger partial charge in [-0.3, -0.25) is 4.40 Å². The fraction of sp³-hybridized carbons (Fsp3) is 0.192. The van der Waals surface area contributed by atoms with Gasteiger partial charge in [-0.25, -0.2) is 9.37 Å². The number of benzene rings is 2. The highest BCUT2D eigenvalue weighted by molar-refractivity contribution is 5.86. The van der Waals surface area contributed by atoms with Gasteiger partial charge in [-0.2, -0.15) is 0 Å². The number of aromatic nitrogens is 4. The van der Waals surface area contributed by atoms with Crippen molar-refractivity contribution >= 4 is 41.4 Å². The van der Waals surface area contributed by atoms with Crippen molar-refractivity contribution in [3.05, 3.63) is 79.0 Å². The van der Waals surface area contributed by atoms with Crippen LogP contribution in [0.2, 0.25) is 0 Å². The lowest BCUT2D eigenvalue weighted by atomic mass is 10.1. The van der Waals surface area contributed by atoms with Gasteiger partial charge < -0.3 is 10.1 Å². The lowest BCUT2D eigenvalue weighted by Gasteiger charge is -2.27. The number of fused-ring (bicyclic) bond motifs is 2. The van der Waals surface area contributed by atoms with Crippen LogP contribution in [0.5, 0.6) is 5.75 Å². The second kappa shape index (κ2) is 10.6. The molecule has 2 unspecified atom stereocenters. The maximum absolute atomic E-state index is 14.4. The molecule has 4 heterocycles. The number of piperidine rings is 1. The standard InChI is InChI=1S/C26H22FN5O.2ClH/c27-20-15-28-14-13-22(20)33-23-8-4-7-18-9-11-21(29-25(18)23)26-31-30-24-12-10-19(16-32(24)26)17-5-2-1-3-6-17;;/h1-12,16,20,22,28H,13-15H2;2*1H. The highest BCUT2D eigenvalue weighted by atomic mass is 35.5. The van der Waals surface area contributed by atoms with Gasteiger partial charge in [0.05, 0.1) is 0 Å². The van der Waals surface area contributed by atoms with Crippen molar-refractivity contribution in [1.82, 2.24) is 24.9 Å². The molecule has 1 aliphatic heterocycles. The number of halogens is 3. The van der Waals surface area contributed by atoms with E-state index in [2.05, 4.69) is 27.6 Å². The van der Waals surface area contributed by atoms with Crippen molar-refractivity contribution in [3.63, 3.8) is 0 Å². The molecule has 180 valence electrons. The van der Waals surface area contributed by atoms with E-state index in [0.29, 0.717) is 35.8 Å². The summed E-state index contributed by atoms with van der Waals surface area (Å²) in [6.07, 6.45) is 1.12. The maximum atomic E-state index is 14.4. The van der Waals surface area contributed by atoms with Crippen molar-refractivity contribution in [2.24, 2.45) is 0 Å². The van der Waals surface area contributed by atoms with E-state index < -0.39 is 12.3 Å². The third kappa shape index (κ3) is 4.80. The van der Waals surface area contributed by atoms with Crippen LogP contribution < -0.4 is 10.1 Å². The molecule has 6 nitrogen and oxygen atoms in total. The van der Waals surface area contributed by atoms with Crippen LogP contribution in [0.15, 0.2) is 79.0 Å². The molecule has 1 aliphatic rings. The molecule has 35 heavy (non-hydrogen) atoms. The SMILES string of the molecule is Cl.Cl.FC1CNCCC1Oc1cccc2ccc(-c3nnc4ccc(-c5ccccc5)cn34)nc12. The lowest BCUT2D eigenvalue weighted by molar-refractivity contribution is 0.0742. The van der Waals surface area contributed by atoms with Crippen molar-refractivity contribution in [2.75, 3.05) is 13.1 Å². The summed E-state index contributed by atoms with van der Waals surface area (Å²) < 4.78 is 22.4. The summed E-state index contributed by atoms with van der Waals surface area (Å²) in [6.45, 7) is 1.05. The first-order chi connectivity index (χ1) is 16.3. The molecular formula is C26H24Cl2FN5O. The molecule has 0 spiro atoms. The second-order valence-corrected chi connectivity index (χ2v) is 8.23. The first-order valence-corrected chi connectivity index (χ1v) is 11.1. The Morgan fingerprint density at radius 2 is 1.74 bits per heavy atom. The third-order valence-corrected chi connectivity index (χ3v) is 6.05. The molecule has 2 atom stereocenters. The summed E-state index contributed by atoms with van der Waals surface area (Å²) in [4.78, 5) is 4.87. The van der Waals surface area contributed by atoms with Gasteiger partial charge in [0, 0.05) is 18.1 Å². The minimum absolute atomic E-state index is 0. The summed E-state index contributed by atoms with van der Waals surface area (Å²) in [5.41, 5.74) is 4.29. The predicted molar refractivity (Wildman–Crippen MR) is 140 cm³/mol. The predicted octanol–water partition coefficient (Wildman–Crippen LogP) is 5.53. The van der Waals surface area contributed by atoms with E-state index >= 15 is 0 Å². The Hall–Kier alpha value is -3.26. The van der Waals surface area contributed by atoms with Crippen LogP contribution in [0.4, 0.5) is 4.39 Å². The van der Waals surface area contributed by atoms with E-state index in [4.69, 9.17) is 9.72 Å². The van der Waals surface area contributed by atoms with Crippen LogP contribution in [-0.4, -0.2) is 44.9 Å². The molecule has 5 aromatic rings. The number of pyridine rings is 2. The van der Waals surface area contributed by atoms with Crippen LogP contribution in [-0.2, 0) is 0 Å². The van der Waals surface area contributed by atoms with E-state index in [1.807, 2.05) is 71.3 Å². The topological polar surface area (TPSA) is 64.3 Å². The van der Waals surface area contributed by atoms with Crippen LogP contribution in [0.1, 0.15) is 6.42 Å². The van der Waals surface area contributed by atoms with Crippen LogP contribution >= 0.6 is 24.8 Å². The van der Waals surface area contributed by atoms with Gasteiger partial charge in [0.1, 0.15) is 29.2 Å². The molecule has 0 saturated carbocycles. The molecule has 3 aromatic heterocycles. The summed E-state index contributed by atoms with van der Waals surface area (Å²) in [5.74, 6) is 1.23. The summed E-state index contributed by atoms with van der Waals surface area (Å²) in [5, 5.41) is 12.7. The molecule has 0 amide bonds. The zero-order chi connectivity index (χ0) is 22.2. The summed E-state index contributed by atoms with van der Waals surface area (Å²) in [6, 6.07) is 23.8. The molecule has 2 aromatic carbocycles. The van der Waals surface area contributed by atoms with E-state index in [-0.39, 0.29) is 24.8 Å². The van der Waals surface area contributed by atoms with E-state index in [1.54, 1.807) is 0 Å². The maximum Gasteiger partial charge on any atom is 0.187 e. The average Bonchev–Trinajstić information content (AvgIpc) is 3.29. The Morgan fingerprint density at radius 1 is 0.886 bits per heavy atom. The molecule has 0 aliphatic carbocycles. The quantitative estimate of drug-likeness (QED) is 0.343. The minimum atomic E-state index is -1.05. The summed E-state index contributed by atoms with van der Waals surface area (Å²) >= 11 is 0. The number of nitrogens with zero attached hydrogens (tertiary/aromatic N) is 4. The number of hydrogen-bond donors (Lipinski definition) is 1. The molecule has 1 N–H and O–H groups in total. The summed E-state index contributed by atoms with van der Waals surface area (Å²) in [7, 11) is 0. The molecule has 1 fully saturated rings. The normalized spacial score (nSPS) is 17.5. The zero-order valence-electron chi connectivity index (χ0n) is 18.7. The average molecular weight is 512 g/mol. The highest BCUT2D eigenvalue weighted by Gasteiger charge is 2.27. The molecule has 0 radical (unpaired) electrons. The van der Waals surface area contributed by atoms with Crippen molar-refractivity contribution < 1.29 is 9.13 Å². The Balaban J connectivity index is 0.00000144. The van der Waals surface area contributed by atoms with Crippen molar-refractivity contribution in [3.8, 4) is 28.4 Å². The van der Waals surface area contributed by atoms with E-state index in [0.717, 1.165) is 28.7 Å². The fourth-order valence-corrected chi connectivity index (χ4v) is 4.30. The largest absolute Gasteiger partial charge is 0.485 e. The Labute approximate surface area is 214 Å². The Morgan fingerprint density at radius 3 is 2.57 bits per heavy atom. The van der Waals surface area contributed by atoms with Gasteiger partial charge in [-0.15, -0.1) is 35.0 Å². The van der Waals surface area contributed by atoms with Gasteiger partial charge in [-0.05, 0) is 48.4 Å². The first kappa shape index (κ1) is 24.9. The minimum Gasteiger partial charge on any atom is -0.485 e. The Bertz CT molecular complexity index is 1450. The molecule has 1 saturated heterocycles. The number of nitrogens with one attached hydrogen (secondary N) is 1. The number of alkyl halides is 1. The highest BCUT2D eigenvalue weighted by Crippen LogP contribution is 2.30. The van der Waals surface area contributed by atoms with Crippen LogP contribution in [0.3, 0.4) is 0 Å². The van der Waals surface area contributed by atoms with Crippen LogP contribution in [0, 0.1) is 0 Å². The number of hydrogen-bond acceptors (Lipinski definition) is 5. The number of para-hydroxylation sites is 1. The molecule has 6 rings (SSSR count). The first-order valence-electron chi connectivity index (χ1n) is 11.1. The zero-order valence-corrected chi connectivity index (χ0v) is 20.3. The van der Waals surface area contributed by atoms with Gasteiger partial charge in [0.15, 0.2) is 11.5 Å². The van der Waals surface area contributed by atoms with Gasteiger partial charge in [0.2, 0.25) is 0 Å². The number of rotatable bonds is 4. The van der Waals surface area contributed by atoms with Gasteiger partial charge in [-0.1, -0.05) is 48.5 Å². The second-order valence-electron chi connectivity index (χ2n) is 8.23. The molecule has 0 bridgehead atoms. The monoisotopic (exact) mass is 511 g/mol. The van der Waals surface area contributed by atoms with Crippen molar-refractivity contribution in [2.45, 2.75) is 18.7 Å². The number of ether oxygens (including phenoxy) is 1.